The van der Waals surface area contributed by atoms with Crippen molar-refractivity contribution in [1.82, 2.24) is 0 Å². The van der Waals surface area contributed by atoms with Crippen molar-refractivity contribution in [2.24, 2.45) is 0 Å². The molecule has 1 N–H and O–H groups in total. The van der Waals surface area contributed by atoms with Crippen LogP contribution in [0.5, 0.6) is 5.75 Å². The lowest BCUT2D eigenvalue weighted by atomic mass is 9.94. The molecule has 16 heavy (non-hydrogen) atoms. The van der Waals surface area contributed by atoms with E-state index in [0.717, 1.165) is 0 Å². The molecule has 1 rings (SSSR count). The van der Waals surface area contributed by atoms with Crippen molar-refractivity contribution in [1.29, 1.82) is 0 Å². The molecule has 0 saturated carbocycles. The first-order valence-corrected chi connectivity index (χ1v) is 4.99. The first-order valence-electron chi connectivity index (χ1n) is 4.99. The Morgan fingerprint density at radius 2 is 1.94 bits per heavy atom. The van der Waals surface area contributed by atoms with Crippen molar-refractivity contribution < 1.29 is 19.0 Å². The van der Waals surface area contributed by atoms with E-state index in [9.17, 15) is 9.50 Å². The van der Waals surface area contributed by atoms with Crippen molar-refractivity contribution in [2.45, 2.75) is 25.6 Å². The van der Waals surface area contributed by atoms with Crippen LogP contribution in [-0.4, -0.2) is 24.9 Å². The summed E-state index contributed by atoms with van der Waals surface area (Å²) in [5.74, 6) is -0.0827. The summed E-state index contributed by atoms with van der Waals surface area (Å²) < 4.78 is 23.7. The van der Waals surface area contributed by atoms with Gasteiger partial charge in [-0.25, -0.2) is 4.39 Å². The largest absolute Gasteiger partial charge is 0.497 e. The number of methoxy groups -OCH3 is 2. The maximum atomic E-state index is 13.7. The first kappa shape index (κ1) is 12.9. The normalized spacial score (nSPS) is 13.6. The minimum atomic E-state index is -1.02. The number of aliphatic hydroxyl groups excluding tert-OH is 1. The minimum absolute atomic E-state index is 0.202. The summed E-state index contributed by atoms with van der Waals surface area (Å²) in [5, 5.41) is 9.99. The maximum Gasteiger partial charge on any atom is 0.132 e. The van der Waals surface area contributed by atoms with Gasteiger partial charge in [-0.3, -0.25) is 0 Å². The molecule has 0 saturated heterocycles. The Balaban J connectivity index is 3.05. The lowest BCUT2D eigenvalue weighted by Gasteiger charge is -2.29. The summed E-state index contributed by atoms with van der Waals surface area (Å²) in [4.78, 5) is 0. The molecule has 1 aromatic carbocycles. The van der Waals surface area contributed by atoms with Gasteiger partial charge >= 0.3 is 0 Å². The van der Waals surface area contributed by atoms with E-state index in [0.29, 0.717) is 5.75 Å². The molecule has 0 aliphatic heterocycles. The molecular weight excluding hydrogens is 211 g/mol. The second-order valence-corrected chi connectivity index (χ2v) is 4.10. The Hall–Kier alpha value is -1.13. The van der Waals surface area contributed by atoms with E-state index in [1.807, 2.05) is 0 Å². The third-order valence-electron chi connectivity index (χ3n) is 2.69. The van der Waals surface area contributed by atoms with Crippen LogP contribution in [0.3, 0.4) is 0 Å². The fourth-order valence-electron chi connectivity index (χ4n) is 1.34. The fraction of sp³-hybridized carbons (Fsp3) is 0.500. The highest BCUT2D eigenvalue weighted by Gasteiger charge is 2.30. The minimum Gasteiger partial charge on any atom is -0.497 e. The van der Waals surface area contributed by atoms with Crippen molar-refractivity contribution in [3.8, 4) is 5.75 Å². The smallest absolute Gasteiger partial charge is 0.132 e. The second kappa shape index (κ2) is 4.80. The predicted octanol–water partition coefficient (Wildman–Crippen LogP) is 2.29. The zero-order chi connectivity index (χ0) is 12.3. The van der Waals surface area contributed by atoms with Gasteiger partial charge < -0.3 is 14.6 Å². The molecule has 0 aliphatic rings. The zero-order valence-electron chi connectivity index (χ0n) is 9.95. The van der Waals surface area contributed by atoms with E-state index >= 15 is 0 Å². The molecule has 0 aromatic heterocycles. The lowest BCUT2D eigenvalue weighted by Crippen LogP contribution is -2.32. The number of aliphatic hydroxyl groups is 1. The highest BCUT2D eigenvalue weighted by atomic mass is 19.1. The van der Waals surface area contributed by atoms with E-state index in [-0.39, 0.29) is 5.56 Å². The molecule has 3 nitrogen and oxygen atoms in total. The topological polar surface area (TPSA) is 38.7 Å². The zero-order valence-corrected chi connectivity index (χ0v) is 9.95. The second-order valence-electron chi connectivity index (χ2n) is 4.10. The number of rotatable bonds is 4. The summed E-state index contributed by atoms with van der Waals surface area (Å²) in [6.07, 6.45) is -1.02. The van der Waals surface area contributed by atoms with Crippen LogP contribution in [0.2, 0.25) is 0 Å². The number of ether oxygens (including phenoxy) is 2. The highest BCUT2D eigenvalue weighted by molar-refractivity contribution is 5.31. The van der Waals surface area contributed by atoms with Crippen molar-refractivity contribution in [3.05, 3.63) is 29.6 Å². The van der Waals surface area contributed by atoms with Gasteiger partial charge in [-0.05, 0) is 26.0 Å². The Morgan fingerprint density at radius 1 is 1.31 bits per heavy atom. The maximum absolute atomic E-state index is 13.7. The van der Waals surface area contributed by atoms with Crippen LogP contribution in [0, 0.1) is 5.82 Å². The molecule has 0 radical (unpaired) electrons. The summed E-state index contributed by atoms with van der Waals surface area (Å²) in [6, 6.07) is 4.34. The van der Waals surface area contributed by atoms with Gasteiger partial charge in [0, 0.05) is 18.7 Å². The third-order valence-corrected chi connectivity index (χ3v) is 2.69. The number of hydrogen-bond acceptors (Lipinski definition) is 3. The van der Waals surface area contributed by atoms with Gasteiger partial charge in [-0.2, -0.15) is 0 Å². The average molecular weight is 228 g/mol. The van der Waals surface area contributed by atoms with Gasteiger partial charge in [0.05, 0.1) is 12.7 Å². The molecule has 0 amide bonds. The number of hydrogen-bond donors (Lipinski definition) is 1. The monoisotopic (exact) mass is 228 g/mol. The van der Waals surface area contributed by atoms with Gasteiger partial charge in [0.15, 0.2) is 0 Å². The average Bonchev–Trinajstić information content (AvgIpc) is 2.28. The predicted molar refractivity (Wildman–Crippen MR) is 59.0 cm³/mol. The number of benzene rings is 1. The van der Waals surface area contributed by atoms with Gasteiger partial charge in [0.25, 0.3) is 0 Å². The van der Waals surface area contributed by atoms with Gasteiger partial charge in [-0.15, -0.1) is 0 Å². The Morgan fingerprint density at radius 3 is 2.38 bits per heavy atom. The highest BCUT2D eigenvalue weighted by Crippen LogP contribution is 2.31. The van der Waals surface area contributed by atoms with E-state index in [2.05, 4.69) is 0 Å². The number of halogens is 1. The first-order chi connectivity index (χ1) is 7.42. The van der Waals surface area contributed by atoms with Crippen LogP contribution in [0.1, 0.15) is 25.5 Å². The lowest BCUT2D eigenvalue weighted by molar-refractivity contribution is -0.0805. The molecule has 0 heterocycles. The van der Waals surface area contributed by atoms with Crippen LogP contribution in [0.15, 0.2) is 18.2 Å². The van der Waals surface area contributed by atoms with Crippen LogP contribution < -0.4 is 4.74 Å². The Kier molecular flexibility index (Phi) is 3.88. The Bertz CT molecular complexity index is 363. The molecule has 4 heteroatoms. The van der Waals surface area contributed by atoms with E-state index in [1.165, 1.54) is 26.4 Å². The van der Waals surface area contributed by atoms with Crippen LogP contribution in [0.4, 0.5) is 4.39 Å². The SMILES string of the molecule is COc1ccc(C(O)C(C)(C)OC)c(F)c1. The molecule has 90 valence electrons. The van der Waals surface area contributed by atoms with E-state index in [1.54, 1.807) is 19.9 Å². The summed E-state index contributed by atoms with van der Waals surface area (Å²) in [5.41, 5.74) is -0.636. The summed E-state index contributed by atoms with van der Waals surface area (Å²) >= 11 is 0. The fourth-order valence-corrected chi connectivity index (χ4v) is 1.34. The van der Waals surface area contributed by atoms with E-state index in [4.69, 9.17) is 9.47 Å². The van der Waals surface area contributed by atoms with E-state index < -0.39 is 17.5 Å². The van der Waals surface area contributed by atoms with Gasteiger partial charge in [-0.1, -0.05) is 0 Å². The molecule has 1 aromatic rings. The quantitative estimate of drug-likeness (QED) is 0.859. The van der Waals surface area contributed by atoms with Crippen molar-refractivity contribution in [3.63, 3.8) is 0 Å². The standard InChI is InChI=1S/C12H17FO3/c1-12(2,16-4)11(14)9-6-5-8(15-3)7-10(9)13/h5-7,11,14H,1-4H3. The van der Waals surface area contributed by atoms with Gasteiger partial charge in [0.1, 0.15) is 17.7 Å². The molecule has 0 spiro atoms. The molecular formula is C12H17FO3. The Labute approximate surface area is 94.8 Å². The molecule has 0 aliphatic carbocycles. The van der Waals surface area contributed by atoms with Crippen LogP contribution in [0.25, 0.3) is 0 Å². The molecule has 1 atom stereocenters. The van der Waals surface area contributed by atoms with Crippen LogP contribution in [-0.2, 0) is 4.74 Å². The molecule has 1 unspecified atom stereocenters. The molecule has 0 fully saturated rings. The van der Waals surface area contributed by atoms with Crippen molar-refractivity contribution in [2.75, 3.05) is 14.2 Å². The summed E-state index contributed by atoms with van der Waals surface area (Å²) in [6.45, 7) is 3.39. The molecule has 0 bridgehead atoms. The van der Waals surface area contributed by atoms with Gasteiger partial charge in [0.2, 0.25) is 0 Å². The van der Waals surface area contributed by atoms with Crippen LogP contribution >= 0.6 is 0 Å². The third kappa shape index (κ3) is 2.51. The van der Waals surface area contributed by atoms with Crippen molar-refractivity contribution >= 4 is 0 Å². The summed E-state index contributed by atoms with van der Waals surface area (Å²) in [7, 11) is 2.94.